The van der Waals surface area contributed by atoms with E-state index in [1.807, 2.05) is 12.1 Å². The maximum atomic E-state index is 12.2. The summed E-state index contributed by atoms with van der Waals surface area (Å²) in [5.74, 6) is 0.177. The highest BCUT2D eigenvalue weighted by molar-refractivity contribution is 6.34. The van der Waals surface area contributed by atoms with Gasteiger partial charge in [-0.3, -0.25) is 4.79 Å². The summed E-state index contributed by atoms with van der Waals surface area (Å²) in [6.07, 6.45) is 1.01. The number of nitrogens with two attached hydrogens (primary N) is 1. The smallest absolute Gasteiger partial charge is 0.254 e. The zero-order valence-corrected chi connectivity index (χ0v) is 11.7. The molecule has 3 rings (SSSR count). The average Bonchev–Trinajstić information content (AvgIpc) is 2.39. The topological polar surface area (TPSA) is 55.1 Å². The minimum atomic E-state index is -0.211. The highest BCUT2D eigenvalue weighted by Gasteiger charge is 2.26. The molecule has 1 atom stereocenters. The monoisotopic (exact) mass is 286 g/mol. The molecule has 0 heterocycles. The molecule has 102 valence electrons. The third kappa shape index (κ3) is 2.25. The van der Waals surface area contributed by atoms with Gasteiger partial charge in [-0.1, -0.05) is 41.9 Å². The van der Waals surface area contributed by atoms with Crippen molar-refractivity contribution >= 4 is 23.2 Å². The van der Waals surface area contributed by atoms with Crippen molar-refractivity contribution in [2.45, 2.75) is 12.3 Å². The summed E-state index contributed by atoms with van der Waals surface area (Å²) in [6, 6.07) is 13.4. The van der Waals surface area contributed by atoms with Crippen LogP contribution in [0.25, 0.3) is 0 Å². The van der Waals surface area contributed by atoms with E-state index in [1.165, 1.54) is 11.1 Å². The molecule has 0 radical (unpaired) electrons. The molecule has 0 saturated carbocycles. The van der Waals surface area contributed by atoms with Gasteiger partial charge in [-0.05, 0) is 29.7 Å². The minimum absolute atomic E-state index is 0.211. The van der Waals surface area contributed by atoms with Gasteiger partial charge in [0.05, 0.1) is 10.6 Å². The summed E-state index contributed by atoms with van der Waals surface area (Å²) in [5, 5.41) is 3.31. The maximum Gasteiger partial charge on any atom is 0.254 e. The number of benzene rings is 2. The molecule has 2 aromatic rings. The molecule has 4 heteroatoms. The van der Waals surface area contributed by atoms with Gasteiger partial charge >= 0.3 is 0 Å². The molecule has 0 saturated heterocycles. The predicted molar refractivity (Wildman–Crippen MR) is 81.1 cm³/mol. The van der Waals surface area contributed by atoms with Crippen LogP contribution in [0.15, 0.2) is 42.5 Å². The van der Waals surface area contributed by atoms with E-state index in [2.05, 4.69) is 17.4 Å². The van der Waals surface area contributed by atoms with Crippen molar-refractivity contribution < 1.29 is 4.79 Å². The largest absolute Gasteiger partial charge is 0.398 e. The lowest BCUT2D eigenvalue weighted by Gasteiger charge is -2.30. The highest BCUT2D eigenvalue weighted by Crippen LogP contribution is 2.34. The number of hydrogen-bond acceptors (Lipinski definition) is 2. The first kappa shape index (κ1) is 13.0. The first-order chi connectivity index (χ1) is 9.66. The molecule has 1 aliphatic carbocycles. The predicted octanol–water partition coefficient (Wildman–Crippen LogP) is 2.99. The number of carbonyl (C=O) groups excluding carboxylic acids is 1. The molecular formula is C16H15ClN2O. The first-order valence-electron chi connectivity index (χ1n) is 6.57. The van der Waals surface area contributed by atoms with Gasteiger partial charge < -0.3 is 11.1 Å². The van der Waals surface area contributed by atoms with Crippen LogP contribution >= 0.6 is 11.6 Å². The molecule has 1 aliphatic rings. The van der Waals surface area contributed by atoms with Crippen LogP contribution in [0.4, 0.5) is 5.69 Å². The van der Waals surface area contributed by atoms with Crippen molar-refractivity contribution in [1.82, 2.24) is 5.32 Å². The molecule has 0 aliphatic heterocycles. The van der Waals surface area contributed by atoms with E-state index in [0.717, 1.165) is 6.42 Å². The number of carbonyl (C=O) groups is 1. The molecule has 3 N–H and O–H groups in total. The van der Waals surface area contributed by atoms with Crippen LogP contribution in [0.5, 0.6) is 0 Å². The molecule has 0 fully saturated rings. The van der Waals surface area contributed by atoms with E-state index in [9.17, 15) is 4.79 Å². The van der Waals surface area contributed by atoms with Gasteiger partial charge in [-0.25, -0.2) is 0 Å². The Bertz CT molecular complexity index is 649. The number of nitrogens with one attached hydrogen (secondary N) is 1. The summed E-state index contributed by atoms with van der Waals surface area (Å²) in [6.45, 7) is 0.612. The van der Waals surface area contributed by atoms with Gasteiger partial charge in [0, 0.05) is 18.2 Å². The molecule has 1 unspecified atom stereocenters. The minimum Gasteiger partial charge on any atom is -0.398 e. The fraction of sp³-hybridized carbons (Fsp3) is 0.188. The number of amides is 1. The number of nitrogen functional groups attached to an aromatic ring is 1. The second-order valence-corrected chi connectivity index (χ2v) is 5.42. The van der Waals surface area contributed by atoms with Crippen LogP contribution in [-0.4, -0.2) is 12.5 Å². The average molecular weight is 287 g/mol. The van der Waals surface area contributed by atoms with Gasteiger partial charge in [0.2, 0.25) is 0 Å². The van der Waals surface area contributed by atoms with Crippen LogP contribution in [-0.2, 0) is 6.42 Å². The van der Waals surface area contributed by atoms with E-state index in [-0.39, 0.29) is 5.91 Å². The lowest BCUT2D eigenvalue weighted by Crippen LogP contribution is -2.33. The first-order valence-corrected chi connectivity index (χ1v) is 6.94. The Morgan fingerprint density at radius 3 is 2.80 bits per heavy atom. The van der Waals surface area contributed by atoms with Gasteiger partial charge in [0.15, 0.2) is 0 Å². The Morgan fingerprint density at radius 2 is 2.05 bits per heavy atom. The van der Waals surface area contributed by atoms with Crippen molar-refractivity contribution in [3.63, 3.8) is 0 Å². The second kappa shape index (κ2) is 5.17. The molecule has 1 amide bonds. The summed E-state index contributed by atoms with van der Waals surface area (Å²) < 4.78 is 0. The van der Waals surface area contributed by atoms with E-state index < -0.39 is 0 Å². The van der Waals surface area contributed by atoms with E-state index in [1.54, 1.807) is 18.2 Å². The normalized spacial score (nSPS) is 16.1. The Morgan fingerprint density at radius 1 is 1.25 bits per heavy atom. The van der Waals surface area contributed by atoms with Crippen LogP contribution in [0.3, 0.4) is 0 Å². The zero-order valence-electron chi connectivity index (χ0n) is 10.9. The Labute approximate surface area is 122 Å². The third-order valence-electron chi connectivity index (χ3n) is 3.74. The quantitative estimate of drug-likeness (QED) is 0.852. The second-order valence-electron chi connectivity index (χ2n) is 5.01. The van der Waals surface area contributed by atoms with Gasteiger partial charge in [0.1, 0.15) is 0 Å². The lowest BCUT2D eigenvalue weighted by atomic mass is 9.77. The van der Waals surface area contributed by atoms with E-state index in [4.69, 9.17) is 17.3 Å². The summed E-state index contributed by atoms with van der Waals surface area (Å²) >= 11 is 6.03. The Balaban J connectivity index is 1.67. The van der Waals surface area contributed by atoms with Crippen LogP contribution in [0.1, 0.15) is 27.4 Å². The van der Waals surface area contributed by atoms with Gasteiger partial charge in [0.25, 0.3) is 5.91 Å². The summed E-state index contributed by atoms with van der Waals surface area (Å²) in [4.78, 5) is 12.2. The van der Waals surface area contributed by atoms with Crippen LogP contribution in [0, 0.1) is 0 Å². The number of rotatable bonds is 3. The number of anilines is 1. The number of fused-ring (bicyclic) bond motifs is 1. The standard InChI is InChI=1S/C16H15ClN2O/c17-13-6-3-7-14(18)15(13)16(20)19-9-11-8-10-4-1-2-5-12(10)11/h1-7,11H,8-9,18H2,(H,19,20). The van der Waals surface area contributed by atoms with Crippen LogP contribution < -0.4 is 11.1 Å². The molecule has 20 heavy (non-hydrogen) atoms. The SMILES string of the molecule is Nc1cccc(Cl)c1C(=O)NCC1Cc2ccccc21. The van der Waals surface area contributed by atoms with Crippen molar-refractivity contribution in [3.8, 4) is 0 Å². The maximum absolute atomic E-state index is 12.2. The summed E-state index contributed by atoms with van der Waals surface area (Å²) in [7, 11) is 0. The lowest BCUT2D eigenvalue weighted by molar-refractivity contribution is 0.0951. The fourth-order valence-electron chi connectivity index (χ4n) is 2.63. The van der Waals surface area contributed by atoms with Crippen molar-refractivity contribution in [1.29, 1.82) is 0 Å². The highest BCUT2D eigenvalue weighted by atomic mass is 35.5. The van der Waals surface area contributed by atoms with Gasteiger partial charge in [-0.15, -0.1) is 0 Å². The Kier molecular flexibility index (Phi) is 3.36. The van der Waals surface area contributed by atoms with Crippen LogP contribution in [0.2, 0.25) is 5.02 Å². The van der Waals surface area contributed by atoms with Crippen molar-refractivity contribution in [3.05, 3.63) is 64.2 Å². The zero-order chi connectivity index (χ0) is 14.1. The molecule has 0 spiro atoms. The fourth-order valence-corrected chi connectivity index (χ4v) is 2.90. The molecule has 2 aromatic carbocycles. The molecule has 0 bridgehead atoms. The number of hydrogen-bond donors (Lipinski definition) is 2. The van der Waals surface area contributed by atoms with E-state index >= 15 is 0 Å². The Hall–Kier alpha value is -2.00. The third-order valence-corrected chi connectivity index (χ3v) is 4.06. The number of halogens is 1. The van der Waals surface area contributed by atoms with Gasteiger partial charge in [-0.2, -0.15) is 0 Å². The van der Waals surface area contributed by atoms with Crippen molar-refractivity contribution in [2.75, 3.05) is 12.3 Å². The molecule has 0 aromatic heterocycles. The molecule has 3 nitrogen and oxygen atoms in total. The van der Waals surface area contributed by atoms with Crippen molar-refractivity contribution in [2.24, 2.45) is 0 Å². The summed E-state index contributed by atoms with van der Waals surface area (Å²) in [5.41, 5.74) is 9.26. The van der Waals surface area contributed by atoms with E-state index in [0.29, 0.717) is 28.7 Å². The molecular weight excluding hydrogens is 272 g/mol.